The van der Waals surface area contributed by atoms with Crippen molar-refractivity contribution < 1.29 is 56.4 Å². The molecule has 3 fully saturated rings. The van der Waals surface area contributed by atoms with Gasteiger partial charge in [-0.25, -0.2) is 22.5 Å². The average molecular weight is 960 g/mol. The topological polar surface area (TPSA) is 209 Å². The number of aromatic nitrogens is 3. The van der Waals surface area contributed by atoms with Crippen molar-refractivity contribution in [2.75, 3.05) is 33.1 Å². The molecule has 1 aromatic heterocycles. The summed E-state index contributed by atoms with van der Waals surface area (Å²) in [5, 5.41) is 33.0. The number of benzene rings is 1. The molecule has 16 nitrogen and oxygen atoms in total. The Morgan fingerprint density at radius 1 is 1.13 bits per heavy atom. The number of halogens is 1. The number of aliphatic hydroxyl groups excluding tert-OH is 1. The third-order valence-corrected chi connectivity index (χ3v) is 15.5. The van der Waals surface area contributed by atoms with Gasteiger partial charge in [-0.2, -0.15) is 0 Å². The Bertz CT molecular complexity index is 2200. The van der Waals surface area contributed by atoms with Crippen LogP contribution in [0.5, 0.6) is 0 Å². The molecule has 3 aliphatic rings. The fourth-order valence-electron chi connectivity index (χ4n) is 10.5. The van der Waals surface area contributed by atoms with Crippen LogP contribution in [0.25, 0.3) is 0 Å². The molecule has 374 valence electrons. The first kappa shape index (κ1) is 54.2. The number of ether oxygens (including phenoxy) is 4. The molecule has 2 bridgehead atoms. The maximum atomic E-state index is 14.6. The molecule has 2 aromatic rings. The lowest BCUT2D eigenvalue weighted by Crippen LogP contribution is -2.59. The first-order chi connectivity index (χ1) is 31.3. The van der Waals surface area contributed by atoms with Crippen LogP contribution in [0.15, 0.2) is 52.5 Å². The van der Waals surface area contributed by atoms with E-state index in [1.807, 2.05) is 39.6 Å². The van der Waals surface area contributed by atoms with Crippen molar-refractivity contribution in [2.24, 2.45) is 34.1 Å². The lowest BCUT2D eigenvalue weighted by molar-refractivity contribution is -0.287. The van der Waals surface area contributed by atoms with Crippen LogP contribution in [0.4, 0.5) is 4.39 Å². The molecule has 0 unspecified atom stereocenters. The first-order valence-corrected chi connectivity index (χ1v) is 25.5. The maximum Gasteiger partial charge on any atom is 0.316 e. The number of sulfone groups is 1. The highest BCUT2D eigenvalue weighted by Gasteiger charge is 2.52. The molecular formula is C49H74FN5O11S. The van der Waals surface area contributed by atoms with Gasteiger partial charge in [0.25, 0.3) is 0 Å². The number of rotatable bonds is 12. The number of carbonyl (C=O) groups is 3. The van der Waals surface area contributed by atoms with E-state index >= 15 is 0 Å². The average Bonchev–Trinajstić information content (AvgIpc) is 3.74. The van der Waals surface area contributed by atoms with Gasteiger partial charge in [0.1, 0.15) is 30.4 Å². The van der Waals surface area contributed by atoms with Crippen molar-refractivity contribution in [1.82, 2.24) is 19.9 Å². The van der Waals surface area contributed by atoms with Gasteiger partial charge in [0.15, 0.2) is 21.9 Å². The lowest BCUT2D eigenvalue weighted by Gasteiger charge is -2.48. The lowest BCUT2D eigenvalue weighted by atomic mass is 9.66. The standard InChI is InChI=1S/C49H74FN5O11S/c1-13-40-49(10,60)45-31(5)41(51-34(8)56)29(3)24-48(9,20-18-28(2)27-63-45)44(32(6)42(57)33(7)46(59)65-40)66-47-43(58)39(22-30(4)64-47)54(11)21-19-36-26-55(53-52-36)37(25-50)23-35-14-16-38(17-15-35)67(12,61)62/h14-17,26,29-33,37,39-40,43-45,47,58,60H,2,13,18-25,27H2,1,3-12H3/t29-,30-,31+,32+,33-,37+,39+,40-,43-,44-,45-,47+,48-,49-/m1/s1. The monoisotopic (exact) mass is 960 g/mol. The minimum absolute atomic E-state index is 0.0653. The Hall–Kier alpha value is -3.78. The number of aliphatic imine (C=N–C) groups is 1. The van der Waals surface area contributed by atoms with Crippen molar-refractivity contribution in [2.45, 2.75) is 167 Å². The summed E-state index contributed by atoms with van der Waals surface area (Å²) < 4.78 is 65.5. The zero-order chi connectivity index (χ0) is 49.8. The van der Waals surface area contributed by atoms with Gasteiger partial charge < -0.3 is 34.1 Å². The van der Waals surface area contributed by atoms with Crippen molar-refractivity contribution in [3.63, 3.8) is 0 Å². The summed E-state index contributed by atoms with van der Waals surface area (Å²) in [6.07, 6.45) is -0.283. The minimum Gasteiger partial charge on any atom is -0.459 e. The van der Waals surface area contributed by atoms with Crippen LogP contribution < -0.4 is 0 Å². The van der Waals surface area contributed by atoms with Gasteiger partial charge in [-0.3, -0.25) is 14.4 Å². The predicted molar refractivity (Wildman–Crippen MR) is 250 cm³/mol. The fourth-order valence-corrected chi connectivity index (χ4v) is 11.1. The van der Waals surface area contributed by atoms with Gasteiger partial charge in [-0.15, -0.1) is 5.10 Å². The number of amides is 1. The second kappa shape index (κ2) is 22.3. The highest BCUT2D eigenvalue weighted by molar-refractivity contribution is 7.90. The smallest absolute Gasteiger partial charge is 0.316 e. The van der Waals surface area contributed by atoms with Crippen LogP contribution in [0, 0.1) is 29.1 Å². The molecule has 0 saturated carbocycles. The van der Waals surface area contributed by atoms with Gasteiger partial charge >= 0.3 is 5.97 Å². The summed E-state index contributed by atoms with van der Waals surface area (Å²) in [6, 6.07) is 5.23. The molecule has 1 amide bonds. The highest BCUT2D eigenvalue weighted by atomic mass is 32.2. The Morgan fingerprint density at radius 3 is 2.42 bits per heavy atom. The van der Waals surface area contributed by atoms with E-state index in [-0.39, 0.29) is 30.4 Å². The normalized spacial score (nSPS) is 35.1. The van der Waals surface area contributed by atoms with Crippen molar-refractivity contribution in [3.05, 3.63) is 53.9 Å². The van der Waals surface area contributed by atoms with Crippen molar-refractivity contribution in [1.29, 1.82) is 0 Å². The Balaban J connectivity index is 1.43. The van der Waals surface area contributed by atoms with Crippen LogP contribution in [0.2, 0.25) is 0 Å². The molecule has 1 aromatic carbocycles. The van der Waals surface area contributed by atoms with Gasteiger partial charge in [0.05, 0.1) is 41.6 Å². The van der Waals surface area contributed by atoms with Gasteiger partial charge in [0.2, 0.25) is 5.91 Å². The second-order valence-electron chi connectivity index (χ2n) is 20.1. The number of likely N-dealkylation sites (N-methyl/N-ethyl adjacent to an activating group) is 1. The largest absolute Gasteiger partial charge is 0.459 e. The van der Waals surface area contributed by atoms with Crippen molar-refractivity contribution >= 4 is 33.2 Å². The van der Waals surface area contributed by atoms with Gasteiger partial charge in [-0.1, -0.05) is 64.1 Å². The van der Waals surface area contributed by atoms with E-state index in [1.165, 1.54) is 30.7 Å². The molecule has 0 radical (unpaired) electrons. The van der Waals surface area contributed by atoms with Crippen LogP contribution >= 0.6 is 0 Å². The molecule has 3 aliphatic heterocycles. The molecule has 2 N–H and O–H groups in total. The van der Waals surface area contributed by atoms with E-state index in [2.05, 4.69) is 21.9 Å². The van der Waals surface area contributed by atoms with Crippen LogP contribution in [-0.4, -0.2) is 143 Å². The molecule has 0 aliphatic carbocycles. The number of fused-ring (bicyclic) bond motifs is 5. The van der Waals surface area contributed by atoms with Gasteiger partial charge in [0, 0.05) is 55.9 Å². The molecule has 5 rings (SSSR count). The second-order valence-corrected chi connectivity index (χ2v) is 22.1. The number of nitrogens with zero attached hydrogens (tertiary/aromatic N) is 5. The molecule has 0 spiro atoms. The Labute approximate surface area is 396 Å². The summed E-state index contributed by atoms with van der Waals surface area (Å²) in [4.78, 5) is 48.0. The quantitative estimate of drug-likeness (QED) is 0.154. The number of alkyl halides is 1. The maximum absolute atomic E-state index is 14.6. The van der Waals surface area contributed by atoms with Gasteiger partial charge in [-0.05, 0) is 95.4 Å². The van der Waals surface area contributed by atoms with Crippen LogP contribution in [-0.2, 0) is 56.0 Å². The predicted octanol–water partition coefficient (Wildman–Crippen LogP) is 5.48. The number of Topliss-reactive ketones (excluding diaryl/α,β-unsaturated/α-hetero) is 1. The van der Waals surface area contributed by atoms with Crippen molar-refractivity contribution in [3.8, 4) is 0 Å². The fraction of sp³-hybridized carbons (Fsp3) is 0.714. The Morgan fingerprint density at radius 2 is 1.81 bits per heavy atom. The molecule has 4 heterocycles. The van der Waals surface area contributed by atoms with Crippen LogP contribution in [0.1, 0.15) is 112 Å². The van der Waals surface area contributed by atoms with E-state index in [0.717, 1.165) is 17.4 Å². The van der Waals surface area contributed by atoms with E-state index in [1.54, 1.807) is 39.1 Å². The summed E-state index contributed by atoms with van der Waals surface area (Å²) in [7, 11) is -1.49. The third-order valence-electron chi connectivity index (χ3n) is 14.3. The Kier molecular flexibility index (Phi) is 18.0. The number of hydrogen-bond donors (Lipinski definition) is 2. The number of carbonyl (C=O) groups excluding carboxylic acids is 3. The molecule has 14 atom stereocenters. The number of cyclic esters (lactones) is 1. The first-order valence-electron chi connectivity index (χ1n) is 23.6. The third kappa shape index (κ3) is 12.9. The highest BCUT2D eigenvalue weighted by Crippen LogP contribution is 2.46. The number of aliphatic hydroxyl groups is 2. The molecule has 67 heavy (non-hydrogen) atoms. The summed E-state index contributed by atoms with van der Waals surface area (Å²) >= 11 is 0. The van der Waals surface area contributed by atoms with E-state index in [0.29, 0.717) is 50.1 Å². The molecule has 18 heteroatoms. The number of esters is 1. The number of hydrogen-bond acceptors (Lipinski definition) is 14. The summed E-state index contributed by atoms with van der Waals surface area (Å²) in [5.74, 6) is -4.84. The minimum atomic E-state index is -3.37. The van der Waals surface area contributed by atoms with E-state index < -0.39 is 112 Å². The zero-order valence-electron chi connectivity index (χ0n) is 41.2. The SMILES string of the molecule is C=C1CC[C@]2(C)C[C@@H](C)C(=NC(C)=O)[C@H](C)[C@@H](OC1)[C@](C)(O)[C@@H](CC)OC(=O)[C@H](C)C(=O)[C@H](C)[C@H]2O[C@@H]1O[C@H](C)C[C@H](N(C)CCc2cn([C@H](CF)Cc3ccc(S(C)(=O)=O)cc3)nn2)[C@H]1O. The van der Waals surface area contributed by atoms with E-state index in [9.17, 15) is 37.4 Å². The summed E-state index contributed by atoms with van der Waals surface area (Å²) in [6.45, 7) is 19.7. The summed E-state index contributed by atoms with van der Waals surface area (Å²) in [5.41, 5.74) is -0.0350. The molecular weight excluding hydrogens is 886 g/mol. The molecule has 3 saturated heterocycles. The number of ketones is 1. The van der Waals surface area contributed by atoms with Crippen LogP contribution in [0.3, 0.4) is 0 Å². The van der Waals surface area contributed by atoms with E-state index in [4.69, 9.17) is 18.9 Å². The zero-order valence-corrected chi connectivity index (χ0v) is 42.0.